The van der Waals surface area contributed by atoms with Crippen molar-refractivity contribution in [1.29, 1.82) is 0 Å². The number of phenols is 1. The molecule has 0 saturated heterocycles. The van der Waals surface area contributed by atoms with Crippen molar-refractivity contribution in [3.63, 3.8) is 0 Å². The van der Waals surface area contributed by atoms with E-state index in [1.54, 1.807) is 16.8 Å². The van der Waals surface area contributed by atoms with Crippen LogP contribution < -0.4 is 14.8 Å². The fourth-order valence-corrected chi connectivity index (χ4v) is 4.35. The lowest BCUT2D eigenvalue weighted by Gasteiger charge is -2.39. The van der Waals surface area contributed by atoms with Gasteiger partial charge < -0.3 is 24.6 Å². The fourth-order valence-electron chi connectivity index (χ4n) is 4.35. The van der Waals surface area contributed by atoms with E-state index in [0.29, 0.717) is 29.8 Å². The Kier molecular flexibility index (Phi) is 4.91. The predicted molar refractivity (Wildman–Crippen MR) is 112 cm³/mol. The standard InChI is InChI=1S/C22H25N3O6/c1-22(2)8-13-17(14(26)9-22)18(11-6-15(29-3)19(27)16(7-11)30-4)25-20(24-13)12(10-23-25)21(28)31-5/h6-7,10,18,24,27H,8-9H2,1-5H3. The molecule has 2 heterocycles. The zero-order valence-electron chi connectivity index (χ0n) is 18.1. The number of rotatable bonds is 4. The van der Waals surface area contributed by atoms with Crippen LogP contribution in [-0.4, -0.2) is 48.0 Å². The molecular formula is C22H25N3O6. The number of hydrogen-bond acceptors (Lipinski definition) is 8. The average molecular weight is 427 g/mol. The number of carbonyl (C=O) groups is 2. The van der Waals surface area contributed by atoms with E-state index in [1.807, 2.05) is 13.8 Å². The lowest BCUT2D eigenvalue weighted by Crippen LogP contribution is -2.36. The maximum atomic E-state index is 13.3. The number of allylic oxidation sites excluding steroid dienone is 2. The molecule has 1 unspecified atom stereocenters. The highest BCUT2D eigenvalue weighted by molar-refractivity contribution is 6.01. The summed E-state index contributed by atoms with van der Waals surface area (Å²) < 4.78 is 17.1. The average Bonchev–Trinajstić information content (AvgIpc) is 3.14. The number of ketones is 1. The summed E-state index contributed by atoms with van der Waals surface area (Å²) in [6.07, 6.45) is 2.43. The van der Waals surface area contributed by atoms with Crippen molar-refractivity contribution >= 4 is 17.6 Å². The number of nitrogens with one attached hydrogen (secondary N) is 1. The van der Waals surface area contributed by atoms with E-state index in [9.17, 15) is 14.7 Å². The highest BCUT2D eigenvalue weighted by Crippen LogP contribution is 2.48. The smallest absolute Gasteiger partial charge is 0.343 e. The molecule has 2 aromatic rings. The highest BCUT2D eigenvalue weighted by atomic mass is 16.5. The van der Waals surface area contributed by atoms with E-state index in [4.69, 9.17) is 14.2 Å². The van der Waals surface area contributed by atoms with E-state index in [1.165, 1.54) is 27.5 Å². The number of aromatic nitrogens is 2. The third kappa shape index (κ3) is 3.30. The van der Waals surface area contributed by atoms with Crippen molar-refractivity contribution in [2.24, 2.45) is 5.41 Å². The number of phenolic OH excluding ortho intramolecular Hbond substituents is 1. The second-order valence-electron chi connectivity index (χ2n) is 8.48. The molecule has 2 aliphatic rings. The van der Waals surface area contributed by atoms with Crippen LogP contribution in [0.3, 0.4) is 0 Å². The van der Waals surface area contributed by atoms with Crippen LogP contribution in [0.25, 0.3) is 0 Å². The van der Waals surface area contributed by atoms with Gasteiger partial charge in [0.25, 0.3) is 0 Å². The molecule has 0 radical (unpaired) electrons. The number of esters is 1. The van der Waals surface area contributed by atoms with Gasteiger partial charge in [-0.25, -0.2) is 9.48 Å². The third-order valence-electron chi connectivity index (χ3n) is 5.73. The maximum absolute atomic E-state index is 13.3. The molecule has 164 valence electrons. The van der Waals surface area contributed by atoms with Gasteiger partial charge in [0.15, 0.2) is 17.3 Å². The second kappa shape index (κ2) is 7.33. The van der Waals surface area contributed by atoms with Gasteiger partial charge in [0, 0.05) is 17.7 Å². The number of benzene rings is 1. The molecule has 1 atom stereocenters. The Hall–Kier alpha value is -3.49. The lowest BCUT2D eigenvalue weighted by molar-refractivity contribution is -0.118. The van der Waals surface area contributed by atoms with Crippen molar-refractivity contribution in [2.45, 2.75) is 32.7 Å². The summed E-state index contributed by atoms with van der Waals surface area (Å²) in [5.74, 6) is 0.200. The van der Waals surface area contributed by atoms with Crippen LogP contribution in [0.4, 0.5) is 5.82 Å². The van der Waals surface area contributed by atoms with E-state index < -0.39 is 12.0 Å². The quantitative estimate of drug-likeness (QED) is 0.716. The van der Waals surface area contributed by atoms with Crippen LogP contribution in [0, 0.1) is 5.41 Å². The first-order chi connectivity index (χ1) is 14.7. The lowest BCUT2D eigenvalue weighted by atomic mass is 9.73. The first-order valence-electron chi connectivity index (χ1n) is 9.84. The normalized spacial score (nSPS) is 19.3. The molecule has 0 fully saturated rings. The molecule has 1 aliphatic heterocycles. The van der Waals surface area contributed by atoms with Gasteiger partial charge in [-0.15, -0.1) is 0 Å². The second-order valence-corrected chi connectivity index (χ2v) is 8.48. The molecular weight excluding hydrogens is 402 g/mol. The van der Waals surface area contributed by atoms with Gasteiger partial charge >= 0.3 is 5.97 Å². The number of ether oxygens (including phenoxy) is 3. The molecule has 9 nitrogen and oxygen atoms in total. The zero-order valence-corrected chi connectivity index (χ0v) is 18.1. The summed E-state index contributed by atoms with van der Waals surface area (Å²) in [4.78, 5) is 25.6. The Bertz CT molecular complexity index is 1090. The van der Waals surface area contributed by atoms with E-state index in [0.717, 1.165) is 5.70 Å². The molecule has 0 saturated carbocycles. The summed E-state index contributed by atoms with van der Waals surface area (Å²) in [6, 6.07) is 2.67. The molecule has 4 rings (SSSR count). The Morgan fingerprint density at radius 3 is 2.42 bits per heavy atom. The maximum Gasteiger partial charge on any atom is 0.343 e. The van der Waals surface area contributed by atoms with Gasteiger partial charge in [0.1, 0.15) is 17.4 Å². The van der Waals surface area contributed by atoms with Crippen LogP contribution in [0.1, 0.15) is 48.7 Å². The molecule has 1 aromatic carbocycles. The number of carbonyl (C=O) groups excluding carboxylic acids is 2. The SMILES string of the molecule is COC(=O)c1cnn2c1NC1=C(C(=O)CC(C)(C)C1)C2c1cc(OC)c(O)c(OC)c1. The topological polar surface area (TPSA) is 112 Å². The molecule has 1 aliphatic carbocycles. The van der Waals surface area contributed by atoms with Gasteiger partial charge in [-0.1, -0.05) is 13.8 Å². The Balaban J connectivity index is 1.97. The minimum atomic E-state index is -0.628. The van der Waals surface area contributed by atoms with Crippen molar-refractivity contribution < 1.29 is 28.9 Å². The van der Waals surface area contributed by atoms with Crippen molar-refractivity contribution in [3.05, 3.63) is 40.7 Å². The molecule has 1 aromatic heterocycles. The van der Waals surface area contributed by atoms with Crippen molar-refractivity contribution in [1.82, 2.24) is 9.78 Å². The monoisotopic (exact) mass is 427 g/mol. The minimum absolute atomic E-state index is 0.00414. The summed E-state index contributed by atoms with van der Waals surface area (Å²) in [6.45, 7) is 4.07. The van der Waals surface area contributed by atoms with Gasteiger partial charge in [-0.3, -0.25) is 4.79 Å². The number of nitrogens with zero attached hydrogens (tertiary/aromatic N) is 2. The molecule has 0 bridgehead atoms. The molecule has 2 N–H and O–H groups in total. The summed E-state index contributed by atoms with van der Waals surface area (Å²) in [7, 11) is 4.18. The number of hydrogen-bond donors (Lipinski definition) is 2. The summed E-state index contributed by atoms with van der Waals surface area (Å²) in [5, 5.41) is 18.0. The molecule has 0 amide bonds. The number of anilines is 1. The largest absolute Gasteiger partial charge is 0.502 e. The van der Waals surface area contributed by atoms with Crippen LogP contribution >= 0.6 is 0 Å². The van der Waals surface area contributed by atoms with Crippen LogP contribution in [0.15, 0.2) is 29.6 Å². The fraction of sp³-hybridized carbons (Fsp3) is 0.409. The first kappa shape index (κ1) is 20.8. The molecule has 31 heavy (non-hydrogen) atoms. The zero-order chi connectivity index (χ0) is 22.5. The van der Waals surface area contributed by atoms with Crippen LogP contribution in [0.2, 0.25) is 0 Å². The van der Waals surface area contributed by atoms with E-state index in [2.05, 4.69) is 10.4 Å². The van der Waals surface area contributed by atoms with Gasteiger partial charge in [-0.2, -0.15) is 5.10 Å². The predicted octanol–water partition coefficient (Wildman–Crippen LogP) is 3.05. The minimum Gasteiger partial charge on any atom is -0.502 e. The van der Waals surface area contributed by atoms with Gasteiger partial charge in [0.05, 0.1) is 27.5 Å². The third-order valence-corrected chi connectivity index (χ3v) is 5.73. The van der Waals surface area contributed by atoms with E-state index in [-0.39, 0.29) is 34.0 Å². The summed E-state index contributed by atoms with van der Waals surface area (Å²) >= 11 is 0. The Morgan fingerprint density at radius 2 is 1.84 bits per heavy atom. The van der Waals surface area contributed by atoms with E-state index >= 15 is 0 Å². The molecule has 9 heteroatoms. The van der Waals surface area contributed by atoms with Gasteiger partial charge in [-0.05, 0) is 29.5 Å². The van der Waals surface area contributed by atoms with Crippen LogP contribution in [0.5, 0.6) is 17.2 Å². The van der Waals surface area contributed by atoms with Crippen molar-refractivity contribution in [2.75, 3.05) is 26.6 Å². The van der Waals surface area contributed by atoms with Crippen LogP contribution in [-0.2, 0) is 9.53 Å². The summed E-state index contributed by atoms with van der Waals surface area (Å²) in [5.41, 5.74) is 1.99. The number of methoxy groups -OCH3 is 3. The highest BCUT2D eigenvalue weighted by Gasteiger charge is 2.42. The Labute approximate surface area is 179 Å². The first-order valence-corrected chi connectivity index (χ1v) is 9.84. The molecule has 0 spiro atoms. The number of fused-ring (bicyclic) bond motifs is 1. The number of Topliss-reactive ketones (excluding diaryl/α,β-unsaturated/α-hetero) is 1. The van der Waals surface area contributed by atoms with Crippen molar-refractivity contribution in [3.8, 4) is 17.2 Å². The Morgan fingerprint density at radius 1 is 1.19 bits per heavy atom. The number of aromatic hydroxyl groups is 1. The van der Waals surface area contributed by atoms with Gasteiger partial charge in [0.2, 0.25) is 5.75 Å².